The van der Waals surface area contributed by atoms with Gasteiger partial charge in [-0.25, -0.2) is 0 Å². The van der Waals surface area contributed by atoms with Crippen molar-refractivity contribution in [1.29, 1.82) is 0 Å². The molecule has 19 heavy (non-hydrogen) atoms. The maximum absolute atomic E-state index is 5.80. The van der Waals surface area contributed by atoms with E-state index in [1.807, 2.05) is 0 Å². The third-order valence-electron chi connectivity index (χ3n) is 3.95. The van der Waals surface area contributed by atoms with Crippen LogP contribution in [-0.2, 0) is 4.74 Å². The zero-order valence-corrected chi connectivity index (χ0v) is 13.8. The Morgan fingerprint density at radius 1 is 1.32 bits per heavy atom. The Balaban J connectivity index is 2.54. The normalized spacial score (nSPS) is 22.4. The highest BCUT2D eigenvalue weighted by atomic mass is 16.5. The van der Waals surface area contributed by atoms with Gasteiger partial charge in [-0.1, -0.05) is 20.8 Å². The van der Waals surface area contributed by atoms with Crippen LogP contribution in [0.2, 0.25) is 0 Å². The Labute approximate surface area is 120 Å². The highest BCUT2D eigenvalue weighted by Gasteiger charge is 2.26. The first-order valence-corrected chi connectivity index (χ1v) is 7.94. The van der Waals surface area contributed by atoms with Crippen LogP contribution < -0.4 is 5.32 Å². The van der Waals surface area contributed by atoms with Crippen LogP contribution in [0.25, 0.3) is 0 Å². The minimum Gasteiger partial charge on any atom is -0.377 e. The zero-order chi connectivity index (χ0) is 14.5. The molecular formula is C16H34N2O. The summed E-state index contributed by atoms with van der Waals surface area (Å²) in [5, 5.41) is 3.66. The monoisotopic (exact) mass is 270 g/mol. The van der Waals surface area contributed by atoms with Crippen LogP contribution in [0.15, 0.2) is 0 Å². The van der Waals surface area contributed by atoms with Crippen molar-refractivity contribution >= 4 is 0 Å². The summed E-state index contributed by atoms with van der Waals surface area (Å²) in [7, 11) is 0. The molecule has 2 atom stereocenters. The summed E-state index contributed by atoms with van der Waals surface area (Å²) in [4.78, 5) is 2.60. The molecule has 0 spiro atoms. The average molecular weight is 270 g/mol. The van der Waals surface area contributed by atoms with Gasteiger partial charge in [0.25, 0.3) is 0 Å². The summed E-state index contributed by atoms with van der Waals surface area (Å²) in [5.74, 6) is 0.663. The molecule has 1 N–H and O–H groups in total. The molecule has 0 saturated carbocycles. The molecule has 1 aliphatic heterocycles. The smallest absolute Gasteiger partial charge is 0.0702 e. The SMILES string of the molecule is CCN(CC1CCCO1)C(CNC(C)(C)C)C(C)C. The van der Waals surface area contributed by atoms with Crippen LogP contribution in [0.3, 0.4) is 0 Å². The molecule has 1 heterocycles. The van der Waals surface area contributed by atoms with Gasteiger partial charge in [-0.05, 0) is 46.1 Å². The second-order valence-corrected chi connectivity index (χ2v) is 7.16. The molecule has 1 rings (SSSR count). The van der Waals surface area contributed by atoms with Gasteiger partial charge in [-0.3, -0.25) is 4.90 Å². The topological polar surface area (TPSA) is 24.5 Å². The van der Waals surface area contributed by atoms with Crippen LogP contribution in [-0.4, -0.2) is 48.8 Å². The standard InChI is InChI=1S/C16H34N2O/c1-7-18(12-14-9-8-10-19-14)15(13(2)3)11-17-16(4,5)6/h13-15,17H,7-12H2,1-6H3. The molecule has 0 amide bonds. The third-order valence-corrected chi connectivity index (χ3v) is 3.95. The first-order chi connectivity index (χ1) is 8.83. The number of nitrogens with one attached hydrogen (secondary N) is 1. The van der Waals surface area contributed by atoms with E-state index in [1.165, 1.54) is 12.8 Å². The number of ether oxygens (including phenoxy) is 1. The Morgan fingerprint density at radius 3 is 2.42 bits per heavy atom. The van der Waals surface area contributed by atoms with Crippen molar-refractivity contribution in [2.45, 2.75) is 72.1 Å². The Kier molecular flexibility index (Phi) is 6.78. The van der Waals surface area contributed by atoms with Crippen molar-refractivity contribution in [3.8, 4) is 0 Å². The minimum absolute atomic E-state index is 0.191. The zero-order valence-electron chi connectivity index (χ0n) is 13.8. The summed E-state index contributed by atoms with van der Waals surface area (Å²) in [6.07, 6.45) is 2.92. The fourth-order valence-corrected chi connectivity index (χ4v) is 2.75. The Hall–Kier alpha value is -0.120. The van der Waals surface area contributed by atoms with Crippen LogP contribution >= 0.6 is 0 Å². The largest absolute Gasteiger partial charge is 0.377 e. The molecular weight excluding hydrogens is 236 g/mol. The molecule has 114 valence electrons. The minimum atomic E-state index is 0.191. The maximum atomic E-state index is 5.80. The van der Waals surface area contributed by atoms with Gasteiger partial charge in [-0.15, -0.1) is 0 Å². The van der Waals surface area contributed by atoms with Crippen molar-refractivity contribution in [1.82, 2.24) is 10.2 Å². The van der Waals surface area contributed by atoms with Crippen LogP contribution in [0.5, 0.6) is 0 Å². The number of hydrogen-bond acceptors (Lipinski definition) is 3. The lowest BCUT2D eigenvalue weighted by atomic mass is 9.99. The average Bonchev–Trinajstić information content (AvgIpc) is 2.78. The van der Waals surface area contributed by atoms with E-state index < -0.39 is 0 Å². The summed E-state index contributed by atoms with van der Waals surface area (Å²) >= 11 is 0. The molecule has 2 unspecified atom stereocenters. The molecule has 3 heteroatoms. The molecule has 0 aromatic carbocycles. The number of rotatable bonds is 7. The lowest BCUT2D eigenvalue weighted by Gasteiger charge is -2.37. The first-order valence-electron chi connectivity index (χ1n) is 7.94. The summed E-state index contributed by atoms with van der Waals surface area (Å²) < 4.78 is 5.80. The predicted molar refractivity (Wildman–Crippen MR) is 82.6 cm³/mol. The lowest BCUT2D eigenvalue weighted by molar-refractivity contribution is 0.0478. The summed E-state index contributed by atoms with van der Waals surface area (Å²) in [5.41, 5.74) is 0.191. The van der Waals surface area contributed by atoms with E-state index in [0.717, 1.165) is 26.2 Å². The third kappa shape index (κ3) is 6.24. The van der Waals surface area contributed by atoms with Crippen LogP contribution in [0.4, 0.5) is 0 Å². The fourth-order valence-electron chi connectivity index (χ4n) is 2.75. The van der Waals surface area contributed by atoms with Crippen molar-refractivity contribution in [2.24, 2.45) is 5.92 Å². The highest BCUT2D eigenvalue weighted by Crippen LogP contribution is 2.18. The molecule has 0 bridgehead atoms. The van der Waals surface area contributed by atoms with Gasteiger partial charge >= 0.3 is 0 Å². The van der Waals surface area contributed by atoms with E-state index in [9.17, 15) is 0 Å². The van der Waals surface area contributed by atoms with E-state index in [2.05, 4.69) is 51.8 Å². The molecule has 0 aromatic heterocycles. The van der Waals surface area contributed by atoms with Gasteiger partial charge in [-0.2, -0.15) is 0 Å². The second-order valence-electron chi connectivity index (χ2n) is 7.16. The Morgan fingerprint density at radius 2 is 2.00 bits per heavy atom. The molecule has 0 aromatic rings. The summed E-state index contributed by atoms with van der Waals surface area (Å²) in [6.45, 7) is 17.8. The molecule has 1 aliphatic rings. The van der Waals surface area contributed by atoms with Crippen molar-refractivity contribution in [3.63, 3.8) is 0 Å². The van der Waals surface area contributed by atoms with Gasteiger partial charge in [0, 0.05) is 31.3 Å². The van der Waals surface area contributed by atoms with E-state index in [4.69, 9.17) is 4.74 Å². The van der Waals surface area contributed by atoms with E-state index in [-0.39, 0.29) is 5.54 Å². The second kappa shape index (κ2) is 7.61. The fraction of sp³-hybridized carbons (Fsp3) is 1.00. The molecule has 0 radical (unpaired) electrons. The first kappa shape index (κ1) is 16.9. The molecule has 0 aliphatic carbocycles. The lowest BCUT2D eigenvalue weighted by Crippen LogP contribution is -2.51. The van der Waals surface area contributed by atoms with Gasteiger partial charge in [0.2, 0.25) is 0 Å². The maximum Gasteiger partial charge on any atom is 0.0702 e. The number of likely N-dealkylation sites (N-methyl/N-ethyl adjacent to an activating group) is 1. The molecule has 1 fully saturated rings. The molecule has 3 nitrogen and oxygen atoms in total. The predicted octanol–water partition coefficient (Wildman–Crippen LogP) is 2.90. The van der Waals surface area contributed by atoms with Gasteiger partial charge in [0.15, 0.2) is 0 Å². The van der Waals surface area contributed by atoms with Crippen molar-refractivity contribution in [2.75, 3.05) is 26.2 Å². The Bertz CT molecular complexity index is 242. The summed E-state index contributed by atoms with van der Waals surface area (Å²) in [6, 6.07) is 0.591. The van der Waals surface area contributed by atoms with E-state index in [0.29, 0.717) is 18.1 Å². The van der Waals surface area contributed by atoms with Gasteiger partial charge in [0.1, 0.15) is 0 Å². The van der Waals surface area contributed by atoms with Crippen LogP contribution in [0, 0.1) is 5.92 Å². The van der Waals surface area contributed by atoms with E-state index in [1.54, 1.807) is 0 Å². The quantitative estimate of drug-likeness (QED) is 0.770. The van der Waals surface area contributed by atoms with Crippen molar-refractivity contribution in [3.05, 3.63) is 0 Å². The molecule has 1 saturated heterocycles. The van der Waals surface area contributed by atoms with Crippen LogP contribution in [0.1, 0.15) is 54.4 Å². The van der Waals surface area contributed by atoms with Gasteiger partial charge < -0.3 is 10.1 Å². The van der Waals surface area contributed by atoms with E-state index >= 15 is 0 Å². The number of nitrogens with zero attached hydrogens (tertiary/aromatic N) is 1. The number of hydrogen-bond donors (Lipinski definition) is 1. The van der Waals surface area contributed by atoms with Gasteiger partial charge in [0.05, 0.1) is 6.10 Å². The van der Waals surface area contributed by atoms with Crippen molar-refractivity contribution < 1.29 is 4.74 Å². The highest BCUT2D eigenvalue weighted by molar-refractivity contribution is 4.83.